The second-order valence-corrected chi connectivity index (χ2v) is 4.23. The third kappa shape index (κ3) is 0.546. The normalized spacial score (nSPS) is 37.8. The van der Waals surface area contributed by atoms with Gasteiger partial charge in [0.05, 0.1) is 23.8 Å². The van der Waals surface area contributed by atoms with E-state index >= 15 is 0 Å². The molecule has 10 heavy (non-hydrogen) atoms. The van der Waals surface area contributed by atoms with E-state index in [1.165, 1.54) is 0 Å². The maximum absolute atomic E-state index is 11.1. The third-order valence-corrected chi connectivity index (χ3v) is 3.51. The quantitative estimate of drug-likeness (QED) is 0.457. The van der Waals surface area contributed by atoms with Gasteiger partial charge < -0.3 is 4.90 Å². The van der Waals surface area contributed by atoms with Crippen molar-refractivity contribution in [3.63, 3.8) is 0 Å². The SMILES string of the molecule is C=C1CN2C(=O)CC2S1=O. The summed E-state index contributed by atoms with van der Waals surface area (Å²) in [5, 5.41) is -0.0278. The van der Waals surface area contributed by atoms with Crippen LogP contribution in [0.2, 0.25) is 0 Å². The third-order valence-electron chi connectivity index (χ3n) is 1.90. The first kappa shape index (κ1) is 6.09. The van der Waals surface area contributed by atoms with Gasteiger partial charge in [0.15, 0.2) is 0 Å². The summed E-state index contributed by atoms with van der Waals surface area (Å²) < 4.78 is 11.1. The molecule has 0 spiro atoms. The van der Waals surface area contributed by atoms with Crippen LogP contribution in [0.3, 0.4) is 0 Å². The zero-order valence-electron chi connectivity index (χ0n) is 5.37. The van der Waals surface area contributed by atoms with Crippen LogP contribution < -0.4 is 0 Å². The Morgan fingerprint density at radius 2 is 2.40 bits per heavy atom. The van der Waals surface area contributed by atoms with Crippen LogP contribution in [0.15, 0.2) is 11.5 Å². The number of β-lactam (4-membered cyclic amide) rings is 1. The maximum Gasteiger partial charge on any atom is 0.226 e. The molecule has 2 atom stereocenters. The molecule has 0 aromatic heterocycles. The summed E-state index contributed by atoms with van der Waals surface area (Å²) in [6.45, 7) is 4.13. The summed E-state index contributed by atoms with van der Waals surface area (Å²) in [5.41, 5.74) is 0. The fourth-order valence-corrected chi connectivity index (χ4v) is 2.62. The van der Waals surface area contributed by atoms with E-state index in [9.17, 15) is 9.00 Å². The van der Waals surface area contributed by atoms with Gasteiger partial charge in [0.1, 0.15) is 5.37 Å². The summed E-state index contributed by atoms with van der Waals surface area (Å²) in [6, 6.07) is 0. The van der Waals surface area contributed by atoms with Gasteiger partial charge in [0, 0.05) is 4.91 Å². The zero-order chi connectivity index (χ0) is 7.30. The average molecular weight is 157 g/mol. The van der Waals surface area contributed by atoms with E-state index in [0.717, 1.165) is 0 Å². The van der Waals surface area contributed by atoms with Crippen LogP contribution in [-0.4, -0.2) is 26.9 Å². The van der Waals surface area contributed by atoms with Gasteiger partial charge in [-0.2, -0.15) is 0 Å². The molecule has 2 saturated heterocycles. The summed E-state index contributed by atoms with van der Waals surface area (Å²) >= 11 is 0. The van der Waals surface area contributed by atoms with Crippen LogP contribution >= 0.6 is 0 Å². The molecule has 0 aliphatic carbocycles. The molecule has 2 heterocycles. The molecule has 0 N–H and O–H groups in total. The van der Waals surface area contributed by atoms with Gasteiger partial charge >= 0.3 is 0 Å². The van der Waals surface area contributed by atoms with Crippen LogP contribution in [0.5, 0.6) is 0 Å². The zero-order valence-corrected chi connectivity index (χ0v) is 6.19. The molecule has 0 aromatic rings. The number of carbonyl (C=O) groups excluding carboxylic acids is 1. The molecule has 2 rings (SSSR count). The van der Waals surface area contributed by atoms with E-state index in [1.54, 1.807) is 4.90 Å². The molecule has 2 fully saturated rings. The molecular formula is C6H7NO2S. The number of fused-ring (bicyclic) bond motifs is 1. The topological polar surface area (TPSA) is 37.4 Å². The van der Waals surface area contributed by atoms with Crippen molar-refractivity contribution in [1.82, 2.24) is 4.90 Å². The molecule has 54 valence electrons. The summed E-state index contributed by atoms with van der Waals surface area (Å²) in [7, 11) is -0.966. The molecule has 0 aromatic carbocycles. The average Bonchev–Trinajstić information content (AvgIpc) is 2.12. The highest BCUT2D eigenvalue weighted by molar-refractivity contribution is 7.90. The van der Waals surface area contributed by atoms with Gasteiger partial charge in [-0.05, 0) is 0 Å². The van der Waals surface area contributed by atoms with Crippen molar-refractivity contribution in [2.45, 2.75) is 11.8 Å². The first-order valence-corrected chi connectivity index (χ1v) is 4.29. The van der Waals surface area contributed by atoms with Crippen LogP contribution in [0, 0.1) is 0 Å². The van der Waals surface area contributed by atoms with Crippen LogP contribution in [0.25, 0.3) is 0 Å². The molecular weight excluding hydrogens is 150 g/mol. The number of hydrogen-bond donors (Lipinski definition) is 0. The second kappa shape index (κ2) is 1.69. The van der Waals surface area contributed by atoms with Gasteiger partial charge in [-0.3, -0.25) is 9.00 Å². The van der Waals surface area contributed by atoms with Crippen molar-refractivity contribution < 1.29 is 9.00 Å². The maximum atomic E-state index is 11.1. The Morgan fingerprint density at radius 1 is 1.70 bits per heavy atom. The number of carbonyl (C=O) groups is 1. The first-order valence-electron chi connectivity index (χ1n) is 3.08. The lowest BCUT2D eigenvalue weighted by molar-refractivity contribution is -0.140. The van der Waals surface area contributed by atoms with E-state index in [4.69, 9.17) is 0 Å². The van der Waals surface area contributed by atoms with Crippen LogP contribution in [0.1, 0.15) is 6.42 Å². The van der Waals surface area contributed by atoms with Crippen molar-refractivity contribution in [2.75, 3.05) is 6.54 Å². The molecule has 0 bridgehead atoms. The van der Waals surface area contributed by atoms with E-state index in [2.05, 4.69) is 6.58 Å². The predicted molar refractivity (Wildman–Crippen MR) is 37.4 cm³/mol. The van der Waals surface area contributed by atoms with Crippen LogP contribution in [0.4, 0.5) is 0 Å². The molecule has 2 aliphatic heterocycles. The van der Waals surface area contributed by atoms with E-state index in [0.29, 0.717) is 17.9 Å². The lowest BCUT2D eigenvalue weighted by Crippen LogP contribution is -2.49. The lowest BCUT2D eigenvalue weighted by atomic mass is 10.2. The van der Waals surface area contributed by atoms with Gasteiger partial charge in [0.25, 0.3) is 0 Å². The predicted octanol–water partition coefficient (Wildman–Crippen LogP) is -0.179. The van der Waals surface area contributed by atoms with Gasteiger partial charge in [0.2, 0.25) is 5.91 Å². The molecule has 0 radical (unpaired) electrons. The number of nitrogens with zero attached hydrogens (tertiary/aromatic N) is 1. The van der Waals surface area contributed by atoms with Crippen LogP contribution in [-0.2, 0) is 15.6 Å². The first-order chi connectivity index (χ1) is 4.70. The Balaban J connectivity index is 2.28. The van der Waals surface area contributed by atoms with Crippen molar-refractivity contribution in [3.8, 4) is 0 Å². The molecule has 2 aliphatic rings. The summed E-state index contributed by atoms with van der Waals surface area (Å²) in [4.78, 5) is 13.1. The van der Waals surface area contributed by atoms with E-state index < -0.39 is 10.8 Å². The van der Waals surface area contributed by atoms with Crippen molar-refractivity contribution in [3.05, 3.63) is 11.5 Å². The van der Waals surface area contributed by atoms with Gasteiger partial charge in [-0.25, -0.2) is 0 Å². The Labute approximate surface area is 61.2 Å². The highest BCUT2D eigenvalue weighted by atomic mass is 32.2. The Hall–Kier alpha value is -0.640. The largest absolute Gasteiger partial charge is 0.322 e. The number of amides is 1. The summed E-state index contributed by atoms with van der Waals surface area (Å²) in [5.74, 6) is 0.108. The monoisotopic (exact) mass is 157 g/mol. The van der Waals surface area contributed by atoms with E-state index in [-0.39, 0.29) is 11.3 Å². The van der Waals surface area contributed by atoms with Crippen molar-refractivity contribution in [2.24, 2.45) is 0 Å². The minimum absolute atomic E-state index is 0.0278. The fraction of sp³-hybridized carbons (Fsp3) is 0.500. The molecule has 2 unspecified atom stereocenters. The number of hydrogen-bond acceptors (Lipinski definition) is 2. The highest BCUT2D eigenvalue weighted by Crippen LogP contribution is 2.32. The second-order valence-electron chi connectivity index (χ2n) is 2.52. The molecule has 4 heteroatoms. The number of rotatable bonds is 0. The Morgan fingerprint density at radius 3 is 2.80 bits per heavy atom. The summed E-state index contributed by atoms with van der Waals surface area (Å²) in [6.07, 6.45) is 0.450. The standard InChI is InChI=1S/C6H7NO2S/c1-4-3-7-5(8)2-6(7)10(4)9/h6H,1-3H2. The molecule has 3 nitrogen and oxygen atoms in total. The van der Waals surface area contributed by atoms with E-state index in [1.807, 2.05) is 0 Å². The molecule has 0 saturated carbocycles. The highest BCUT2D eigenvalue weighted by Gasteiger charge is 2.46. The minimum atomic E-state index is -0.966. The Kier molecular flexibility index (Phi) is 1.03. The fourth-order valence-electron chi connectivity index (χ4n) is 1.25. The molecule has 1 amide bonds. The van der Waals surface area contributed by atoms with Gasteiger partial charge in [-0.1, -0.05) is 6.58 Å². The van der Waals surface area contributed by atoms with Crippen molar-refractivity contribution >= 4 is 16.7 Å². The lowest BCUT2D eigenvalue weighted by Gasteiger charge is -2.31. The smallest absolute Gasteiger partial charge is 0.226 e. The van der Waals surface area contributed by atoms with Gasteiger partial charge in [-0.15, -0.1) is 0 Å². The Bertz CT molecular complexity index is 248. The minimum Gasteiger partial charge on any atom is -0.322 e. The van der Waals surface area contributed by atoms with Crippen molar-refractivity contribution in [1.29, 1.82) is 0 Å².